The molecule has 0 fully saturated rings. The van der Waals surface area contributed by atoms with Crippen LogP contribution in [0.2, 0.25) is 0 Å². The Morgan fingerprint density at radius 3 is 2.27 bits per heavy atom. The van der Waals surface area contributed by atoms with Crippen LogP contribution < -0.4 is 15.5 Å². The van der Waals surface area contributed by atoms with Crippen molar-refractivity contribution < 1.29 is 14.7 Å². The number of aliphatic hydroxyl groups excluding tert-OH is 1. The molecule has 0 saturated carbocycles. The summed E-state index contributed by atoms with van der Waals surface area (Å²) >= 11 is 0. The first-order valence-electron chi connectivity index (χ1n) is 8.26. The normalized spacial score (nSPS) is 11.0. The number of carbonyl (C=O) groups is 2. The largest absolute Gasteiger partial charge is 0.395 e. The number of nitrogens with one attached hydrogen (secondary N) is 2. The van der Waals surface area contributed by atoms with E-state index in [-0.39, 0.29) is 24.8 Å². The highest BCUT2D eigenvalue weighted by Crippen LogP contribution is 2.14. The molecule has 2 aromatic rings. The third kappa shape index (κ3) is 5.46. The van der Waals surface area contributed by atoms with Gasteiger partial charge < -0.3 is 20.6 Å². The Bertz CT molecular complexity index is 769. The number of nitrogens with zero attached hydrogens (tertiary/aromatic N) is 1. The van der Waals surface area contributed by atoms with Crippen molar-refractivity contribution in [2.45, 2.75) is 0 Å². The predicted octanol–water partition coefficient (Wildman–Crippen LogP) is 1.63. The van der Waals surface area contributed by atoms with Crippen molar-refractivity contribution >= 4 is 23.6 Å². The summed E-state index contributed by atoms with van der Waals surface area (Å²) in [5, 5.41) is 14.1. The fraction of sp³-hybridized carbons (Fsp3) is 0.200. The molecule has 0 unspecified atom stereocenters. The monoisotopic (exact) mass is 353 g/mol. The standard InChI is InChI=1S/C20H23N3O3/c1-23(2)17-10-8-15(9-11-17)14-18(20(26)21-12-13-24)22-19(25)16-6-4-3-5-7-16/h3-11,14,24H,12-13H2,1-2H3,(H,21,26)(H,22,25)/b18-14-. The molecule has 0 aliphatic carbocycles. The molecule has 2 amide bonds. The molecule has 6 heteroatoms. The molecule has 0 radical (unpaired) electrons. The predicted molar refractivity (Wildman–Crippen MR) is 103 cm³/mol. The molecule has 0 saturated heterocycles. The van der Waals surface area contributed by atoms with Crippen molar-refractivity contribution in [1.29, 1.82) is 0 Å². The van der Waals surface area contributed by atoms with E-state index in [1.807, 2.05) is 49.3 Å². The van der Waals surface area contributed by atoms with Crippen LogP contribution in [0.4, 0.5) is 5.69 Å². The molecule has 0 aliphatic heterocycles. The molecule has 6 nitrogen and oxygen atoms in total. The first kappa shape index (κ1) is 19.2. The van der Waals surface area contributed by atoms with Gasteiger partial charge in [0.1, 0.15) is 5.70 Å². The van der Waals surface area contributed by atoms with E-state index in [0.29, 0.717) is 5.56 Å². The number of benzene rings is 2. The topological polar surface area (TPSA) is 81.7 Å². The van der Waals surface area contributed by atoms with Crippen LogP contribution in [-0.2, 0) is 4.79 Å². The minimum atomic E-state index is -0.458. The van der Waals surface area contributed by atoms with Gasteiger partial charge in [-0.15, -0.1) is 0 Å². The minimum Gasteiger partial charge on any atom is -0.395 e. The zero-order chi connectivity index (χ0) is 18.9. The molecule has 0 bridgehead atoms. The molecule has 0 heterocycles. The fourth-order valence-corrected chi connectivity index (χ4v) is 2.24. The number of hydrogen-bond acceptors (Lipinski definition) is 4. The third-order valence-corrected chi connectivity index (χ3v) is 3.65. The lowest BCUT2D eigenvalue weighted by Crippen LogP contribution is -2.36. The molecule has 136 valence electrons. The second kappa shape index (κ2) is 9.39. The number of hydrogen-bond donors (Lipinski definition) is 3. The van der Waals surface area contributed by atoms with E-state index in [1.165, 1.54) is 0 Å². The van der Waals surface area contributed by atoms with Gasteiger partial charge in [0, 0.05) is 31.9 Å². The van der Waals surface area contributed by atoms with Gasteiger partial charge in [-0.05, 0) is 35.9 Å². The lowest BCUT2D eigenvalue weighted by molar-refractivity contribution is -0.117. The first-order chi connectivity index (χ1) is 12.5. The molecule has 2 aromatic carbocycles. The summed E-state index contributed by atoms with van der Waals surface area (Å²) in [6.45, 7) is -0.0693. The number of carbonyl (C=O) groups excluding carboxylic acids is 2. The van der Waals surface area contributed by atoms with Crippen LogP contribution in [0.1, 0.15) is 15.9 Å². The Morgan fingerprint density at radius 1 is 1.04 bits per heavy atom. The summed E-state index contributed by atoms with van der Waals surface area (Å²) in [6, 6.07) is 16.2. The lowest BCUT2D eigenvalue weighted by atomic mass is 10.1. The smallest absolute Gasteiger partial charge is 0.267 e. The molecule has 2 rings (SSSR count). The molecule has 26 heavy (non-hydrogen) atoms. The summed E-state index contributed by atoms with van der Waals surface area (Å²) in [5.74, 6) is -0.832. The first-order valence-corrected chi connectivity index (χ1v) is 8.26. The van der Waals surface area contributed by atoms with Gasteiger partial charge in [0.15, 0.2) is 0 Å². The van der Waals surface area contributed by atoms with Crippen LogP contribution in [0.25, 0.3) is 6.08 Å². The lowest BCUT2D eigenvalue weighted by Gasteiger charge is -2.13. The summed E-state index contributed by atoms with van der Waals surface area (Å²) in [5.41, 5.74) is 2.38. The number of rotatable bonds is 7. The van der Waals surface area contributed by atoms with E-state index in [4.69, 9.17) is 5.11 Å². The summed E-state index contributed by atoms with van der Waals surface area (Å²) in [6.07, 6.45) is 1.60. The molecule has 0 spiro atoms. The molecule has 3 N–H and O–H groups in total. The fourth-order valence-electron chi connectivity index (χ4n) is 2.24. The summed E-state index contributed by atoms with van der Waals surface area (Å²) in [4.78, 5) is 26.7. The van der Waals surface area contributed by atoms with Crippen molar-refractivity contribution in [3.63, 3.8) is 0 Å². The summed E-state index contributed by atoms with van der Waals surface area (Å²) < 4.78 is 0. The highest BCUT2D eigenvalue weighted by Gasteiger charge is 2.14. The highest BCUT2D eigenvalue weighted by atomic mass is 16.3. The van der Waals surface area contributed by atoms with Crippen molar-refractivity contribution in [3.05, 3.63) is 71.4 Å². The average Bonchev–Trinajstić information content (AvgIpc) is 2.66. The Kier molecular flexibility index (Phi) is 6.93. The maximum Gasteiger partial charge on any atom is 0.267 e. The Labute approximate surface area is 153 Å². The zero-order valence-corrected chi connectivity index (χ0v) is 14.9. The van der Waals surface area contributed by atoms with Gasteiger partial charge in [0.25, 0.3) is 11.8 Å². The van der Waals surface area contributed by atoms with Crippen molar-refractivity contribution in [3.8, 4) is 0 Å². The van der Waals surface area contributed by atoms with Crippen molar-refractivity contribution in [2.24, 2.45) is 0 Å². The molecular formula is C20H23N3O3. The molecular weight excluding hydrogens is 330 g/mol. The van der Waals surface area contributed by atoms with Crippen LogP contribution in [0.3, 0.4) is 0 Å². The van der Waals surface area contributed by atoms with Gasteiger partial charge in [0.05, 0.1) is 6.61 Å². The summed E-state index contributed by atoms with van der Waals surface area (Å²) in [7, 11) is 3.89. The van der Waals surface area contributed by atoms with Gasteiger partial charge in [-0.3, -0.25) is 9.59 Å². The van der Waals surface area contributed by atoms with Crippen LogP contribution in [0, 0.1) is 0 Å². The molecule has 0 atom stereocenters. The van der Waals surface area contributed by atoms with E-state index < -0.39 is 5.91 Å². The minimum absolute atomic E-state index is 0.108. The number of aliphatic hydroxyl groups is 1. The van der Waals surface area contributed by atoms with E-state index in [2.05, 4.69) is 10.6 Å². The quantitative estimate of drug-likeness (QED) is 0.661. The molecule has 0 aromatic heterocycles. The van der Waals surface area contributed by atoms with Crippen LogP contribution >= 0.6 is 0 Å². The molecule has 0 aliphatic rings. The SMILES string of the molecule is CN(C)c1ccc(/C=C(\NC(=O)c2ccccc2)C(=O)NCCO)cc1. The second-order valence-corrected chi connectivity index (χ2v) is 5.84. The second-order valence-electron chi connectivity index (χ2n) is 5.84. The maximum absolute atomic E-state index is 12.4. The number of amides is 2. The van der Waals surface area contributed by atoms with Gasteiger partial charge in [0.2, 0.25) is 0 Å². The van der Waals surface area contributed by atoms with Gasteiger partial charge in [-0.25, -0.2) is 0 Å². The van der Waals surface area contributed by atoms with Crippen molar-refractivity contribution in [2.75, 3.05) is 32.1 Å². The van der Waals surface area contributed by atoms with E-state index in [9.17, 15) is 9.59 Å². The van der Waals surface area contributed by atoms with E-state index in [0.717, 1.165) is 11.3 Å². The van der Waals surface area contributed by atoms with Gasteiger partial charge in [-0.1, -0.05) is 30.3 Å². The van der Waals surface area contributed by atoms with E-state index in [1.54, 1.807) is 30.3 Å². The number of anilines is 1. The van der Waals surface area contributed by atoms with Crippen LogP contribution in [0.5, 0.6) is 0 Å². The van der Waals surface area contributed by atoms with Gasteiger partial charge in [-0.2, -0.15) is 0 Å². The van der Waals surface area contributed by atoms with E-state index >= 15 is 0 Å². The maximum atomic E-state index is 12.4. The van der Waals surface area contributed by atoms with Crippen molar-refractivity contribution in [1.82, 2.24) is 10.6 Å². The average molecular weight is 353 g/mol. The Hall–Kier alpha value is -3.12. The highest BCUT2D eigenvalue weighted by molar-refractivity contribution is 6.05. The van der Waals surface area contributed by atoms with Gasteiger partial charge >= 0.3 is 0 Å². The third-order valence-electron chi connectivity index (χ3n) is 3.65. The zero-order valence-electron chi connectivity index (χ0n) is 14.9. The van der Waals surface area contributed by atoms with Crippen LogP contribution in [0.15, 0.2) is 60.3 Å². The Balaban J connectivity index is 2.25. The Morgan fingerprint density at radius 2 is 1.69 bits per heavy atom. The van der Waals surface area contributed by atoms with Crippen LogP contribution in [-0.4, -0.2) is 44.2 Å².